The van der Waals surface area contributed by atoms with Gasteiger partial charge in [-0.15, -0.1) is 0 Å². The Hall–Kier alpha value is -0.440. The lowest BCUT2D eigenvalue weighted by Gasteiger charge is -1.76. The van der Waals surface area contributed by atoms with E-state index in [0.29, 0.717) is 4.67 Å². The third kappa shape index (κ3) is 0.771. The quantitative estimate of drug-likeness (QED) is 0.631. The molecule has 0 atom stereocenters. The molecule has 1 rings (SSSR count). The lowest BCUT2D eigenvalue weighted by Crippen LogP contribution is -1.48. The molecular weight excluding hydrogens is 160 g/mol. The summed E-state index contributed by atoms with van der Waals surface area (Å²) in [6.07, 6.45) is 1.40. The minimum absolute atomic E-state index is 0.139. The summed E-state index contributed by atoms with van der Waals surface area (Å²) in [5.74, 6) is 0.139. The Morgan fingerprint density at radius 1 is 1.71 bits per heavy atom. The van der Waals surface area contributed by atoms with Crippen LogP contribution in [0, 0.1) is 0 Å². The van der Waals surface area contributed by atoms with Gasteiger partial charge in [-0.2, -0.15) is 0 Å². The van der Waals surface area contributed by atoms with E-state index >= 15 is 0 Å². The fraction of sp³-hybridized carbons (Fsp3) is 0. The molecule has 0 unspecified atom stereocenters. The molecule has 38 valence electrons. The van der Waals surface area contributed by atoms with Gasteiger partial charge in [-0.05, 0) is 15.9 Å². The largest absolute Gasteiger partial charge is 0.504 e. The minimum Gasteiger partial charge on any atom is -0.504 e. The number of aromatic hydroxyl groups is 1. The van der Waals surface area contributed by atoms with Gasteiger partial charge in [0, 0.05) is 6.07 Å². The monoisotopic (exact) mass is 162 g/mol. The fourth-order valence-electron chi connectivity index (χ4n) is 0.284. The van der Waals surface area contributed by atoms with Crippen molar-refractivity contribution in [1.82, 2.24) is 0 Å². The molecule has 0 fully saturated rings. The third-order valence-electron chi connectivity index (χ3n) is 0.599. The first-order valence-corrected chi connectivity index (χ1v) is 2.52. The molecule has 1 aromatic rings. The average Bonchev–Trinajstić information content (AvgIpc) is 1.91. The Bertz CT molecular complexity index is 142. The van der Waals surface area contributed by atoms with Crippen LogP contribution in [0.25, 0.3) is 0 Å². The van der Waals surface area contributed by atoms with Gasteiger partial charge in [0.25, 0.3) is 0 Å². The Morgan fingerprint density at radius 3 is 2.57 bits per heavy atom. The lowest BCUT2D eigenvalue weighted by molar-refractivity contribution is 0.446. The maximum Gasteiger partial charge on any atom is 0.210 e. The zero-order chi connectivity index (χ0) is 5.28. The van der Waals surface area contributed by atoms with Crippen LogP contribution in [-0.2, 0) is 0 Å². The van der Waals surface area contributed by atoms with Crippen molar-refractivity contribution in [1.29, 1.82) is 0 Å². The second-order valence-corrected chi connectivity index (χ2v) is 1.80. The Morgan fingerprint density at radius 2 is 2.43 bits per heavy atom. The molecular formula is C4H3BrO2. The van der Waals surface area contributed by atoms with Crippen LogP contribution in [0.1, 0.15) is 0 Å². The van der Waals surface area contributed by atoms with E-state index in [1.54, 1.807) is 0 Å². The van der Waals surface area contributed by atoms with Crippen LogP contribution in [0.3, 0.4) is 0 Å². The number of rotatable bonds is 0. The summed E-state index contributed by atoms with van der Waals surface area (Å²) in [7, 11) is 0. The summed E-state index contributed by atoms with van der Waals surface area (Å²) in [5, 5.41) is 8.62. The molecule has 0 aliphatic rings. The van der Waals surface area contributed by atoms with E-state index in [1.807, 2.05) is 0 Å². The van der Waals surface area contributed by atoms with Gasteiger partial charge in [0.05, 0.1) is 6.26 Å². The third-order valence-corrected chi connectivity index (χ3v) is 1.19. The highest BCUT2D eigenvalue weighted by Crippen LogP contribution is 2.22. The van der Waals surface area contributed by atoms with Gasteiger partial charge >= 0.3 is 0 Å². The van der Waals surface area contributed by atoms with E-state index in [2.05, 4.69) is 20.3 Å². The molecule has 1 N–H and O–H groups in total. The second-order valence-electron chi connectivity index (χ2n) is 1.08. The molecule has 0 aromatic carbocycles. The van der Waals surface area contributed by atoms with E-state index < -0.39 is 0 Å². The maximum absolute atomic E-state index is 8.62. The SMILES string of the molecule is Oc1ccoc1Br. The van der Waals surface area contributed by atoms with E-state index in [0.717, 1.165) is 0 Å². The van der Waals surface area contributed by atoms with Gasteiger partial charge < -0.3 is 9.52 Å². The highest BCUT2D eigenvalue weighted by molar-refractivity contribution is 9.10. The summed E-state index contributed by atoms with van der Waals surface area (Å²) >= 11 is 2.95. The molecule has 3 heteroatoms. The predicted octanol–water partition coefficient (Wildman–Crippen LogP) is 1.75. The zero-order valence-corrected chi connectivity index (χ0v) is 4.97. The van der Waals surface area contributed by atoms with Crippen LogP contribution in [0.4, 0.5) is 0 Å². The molecule has 1 aromatic heterocycles. The molecule has 2 nitrogen and oxygen atoms in total. The maximum atomic E-state index is 8.62. The van der Waals surface area contributed by atoms with Crippen molar-refractivity contribution in [3.8, 4) is 5.75 Å². The fourth-order valence-corrected chi connectivity index (χ4v) is 0.524. The van der Waals surface area contributed by atoms with E-state index in [9.17, 15) is 0 Å². The van der Waals surface area contributed by atoms with Crippen molar-refractivity contribution in [2.24, 2.45) is 0 Å². The molecule has 0 radical (unpaired) electrons. The van der Waals surface area contributed by atoms with Gasteiger partial charge in [0.15, 0.2) is 5.75 Å². The van der Waals surface area contributed by atoms with Crippen molar-refractivity contribution in [2.45, 2.75) is 0 Å². The number of halogens is 1. The van der Waals surface area contributed by atoms with Crippen LogP contribution < -0.4 is 0 Å². The number of furan rings is 1. The second kappa shape index (κ2) is 1.58. The van der Waals surface area contributed by atoms with Crippen LogP contribution in [0.2, 0.25) is 0 Å². The number of hydrogen-bond donors (Lipinski definition) is 1. The van der Waals surface area contributed by atoms with Gasteiger partial charge in [-0.3, -0.25) is 0 Å². The minimum atomic E-state index is 0.139. The van der Waals surface area contributed by atoms with Crippen molar-refractivity contribution >= 4 is 15.9 Å². The van der Waals surface area contributed by atoms with Crippen molar-refractivity contribution < 1.29 is 9.52 Å². The van der Waals surface area contributed by atoms with Crippen LogP contribution in [-0.4, -0.2) is 5.11 Å². The van der Waals surface area contributed by atoms with Gasteiger partial charge in [0.2, 0.25) is 4.67 Å². The summed E-state index contributed by atoms with van der Waals surface area (Å²) in [6.45, 7) is 0. The molecule has 0 aliphatic carbocycles. The van der Waals surface area contributed by atoms with E-state index in [-0.39, 0.29) is 5.75 Å². The molecule has 0 spiro atoms. The van der Waals surface area contributed by atoms with E-state index in [1.165, 1.54) is 12.3 Å². The zero-order valence-electron chi connectivity index (χ0n) is 3.39. The van der Waals surface area contributed by atoms with Crippen LogP contribution in [0.15, 0.2) is 21.4 Å². The molecule has 1 heterocycles. The average molecular weight is 163 g/mol. The first-order valence-electron chi connectivity index (χ1n) is 1.72. The van der Waals surface area contributed by atoms with Crippen molar-refractivity contribution in [3.63, 3.8) is 0 Å². The summed E-state index contributed by atoms with van der Waals surface area (Å²) in [4.78, 5) is 0. The summed E-state index contributed by atoms with van der Waals surface area (Å²) in [6, 6.07) is 1.46. The first-order chi connectivity index (χ1) is 3.30. The van der Waals surface area contributed by atoms with Crippen LogP contribution >= 0.6 is 15.9 Å². The highest BCUT2D eigenvalue weighted by Gasteiger charge is 1.94. The summed E-state index contributed by atoms with van der Waals surface area (Å²) in [5.41, 5.74) is 0. The van der Waals surface area contributed by atoms with Crippen molar-refractivity contribution in [2.75, 3.05) is 0 Å². The van der Waals surface area contributed by atoms with Crippen molar-refractivity contribution in [3.05, 3.63) is 17.0 Å². The standard InChI is InChI=1S/C4H3BrO2/c5-4-3(6)1-2-7-4/h1-2,6H. The molecule has 0 amide bonds. The Kier molecular flexibility index (Phi) is 1.06. The number of hydrogen-bond acceptors (Lipinski definition) is 2. The molecule has 0 saturated carbocycles. The molecule has 0 bridgehead atoms. The smallest absolute Gasteiger partial charge is 0.210 e. The Balaban J connectivity index is 3.12. The topological polar surface area (TPSA) is 33.4 Å². The normalized spacial score (nSPS) is 9.29. The predicted molar refractivity (Wildman–Crippen MR) is 28.1 cm³/mol. The van der Waals surface area contributed by atoms with Gasteiger partial charge in [-0.1, -0.05) is 0 Å². The first kappa shape index (κ1) is 4.71. The van der Waals surface area contributed by atoms with Crippen LogP contribution in [0.5, 0.6) is 5.75 Å². The molecule has 0 saturated heterocycles. The van der Waals surface area contributed by atoms with E-state index in [4.69, 9.17) is 5.11 Å². The van der Waals surface area contributed by atoms with Gasteiger partial charge in [-0.25, -0.2) is 0 Å². The summed E-state index contributed by atoms with van der Waals surface area (Å²) < 4.78 is 5.01. The van der Waals surface area contributed by atoms with Gasteiger partial charge in [0.1, 0.15) is 0 Å². The highest BCUT2D eigenvalue weighted by atomic mass is 79.9. The molecule has 7 heavy (non-hydrogen) atoms. The lowest BCUT2D eigenvalue weighted by atomic mass is 10.6. The Labute approximate surface area is 48.9 Å². The molecule has 0 aliphatic heterocycles.